The Bertz CT molecular complexity index is 981. The van der Waals surface area contributed by atoms with E-state index in [4.69, 9.17) is 31.6 Å². The molecular formula is C24H39Cu2N10O6+. The molecule has 0 aliphatic heterocycles. The summed E-state index contributed by atoms with van der Waals surface area (Å²) < 4.78 is 9.90. The third kappa shape index (κ3) is 25.4. The van der Waals surface area contributed by atoms with Gasteiger partial charge in [-0.1, -0.05) is 35.8 Å². The van der Waals surface area contributed by atoms with Gasteiger partial charge in [0.05, 0.1) is 27.3 Å². The van der Waals surface area contributed by atoms with E-state index in [0.29, 0.717) is 35.7 Å². The van der Waals surface area contributed by atoms with Crippen molar-refractivity contribution in [3.63, 3.8) is 0 Å². The summed E-state index contributed by atoms with van der Waals surface area (Å²) in [5.41, 5.74) is 28.1. The van der Waals surface area contributed by atoms with Crippen molar-refractivity contribution in [3.8, 4) is 23.0 Å². The van der Waals surface area contributed by atoms with Gasteiger partial charge >= 0.3 is 34.1 Å². The predicted octanol–water partition coefficient (Wildman–Crippen LogP) is 1.48. The van der Waals surface area contributed by atoms with Gasteiger partial charge in [-0.2, -0.15) is 0 Å². The Labute approximate surface area is 267 Å². The maximum Gasteiger partial charge on any atom is 2.00 e. The second-order valence-electron chi connectivity index (χ2n) is 7.61. The van der Waals surface area contributed by atoms with Gasteiger partial charge in [-0.05, 0) is 51.5 Å². The van der Waals surface area contributed by atoms with E-state index in [9.17, 15) is 10.2 Å². The van der Waals surface area contributed by atoms with Crippen LogP contribution in [-0.2, 0) is 39.6 Å². The molecular weight excluding hydrogens is 651 g/mol. The SMILES string of the molecule is COc1cccc(C=NCCN(C)C)c1[O-].COc1cccc(C=NCCN(C)C)c1[O-].O.[Cu+2].[Cu+2].[N-]=[N+]=[N-].[N-]=[N+]=[N-].[OH3+]. The first-order chi connectivity index (χ1) is 18.1. The standard InChI is InChI=1S/2C12H18N2O2.2Cu.2N3.2H2O/c2*1-14(2)8-7-13-9-10-5-4-6-11(16-3)12(10)15;;;2*1-3-2;;/h2*4-6,9,15H,7-8H2,1-3H3;;;;;2*1H2/q;;2*+2;2*-1;;/p-1. The molecule has 42 heavy (non-hydrogen) atoms. The van der Waals surface area contributed by atoms with Gasteiger partial charge < -0.3 is 62.6 Å². The van der Waals surface area contributed by atoms with E-state index >= 15 is 0 Å². The van der Waals surface area contributed by atoms with Gasteiger partial charge in [-0.15, -0.1) is 0 Å². The van der Waals surface area contributed by atoms with E-state index in [2.05, 4.69) is 9.98 Å². The molecule has 0 aromatic heterocycles. The minimum atomic E-state index is -0.112. The Morgan fingerprint density at radius 2 is 1.00 bits per heavy atom. The molecule has 242 valence electrons. The molecule has 0 unspecified atom stereocenters. The van der Waals surface area contributed by atoms with Gasteiger partial charge in [-0.25, -0.2) is 0 Å². The Hall–Kier alpha value is -3.52. The van der Waals surface area contributed by atoms with Gasteiger partial charge in [0.15, 0.2) is 0 Å². The van der Waals surface area contributed by atoms with Crippen LogP contribution in [-0.4, -0.2) is 96.3 Å². The smallest absolute Gasteiger partial charge is 0.870 e. The monoisotopic (exact) mass is 689 g/mol. The molecule has 2 radical (unpaired) electrons. The van der Waals surface area contributed by atoms with Crippen LogP contribution in [0.15, 0.2) is 46.4 Å². The summed E-state index contributed by atoms with van der Waals surface area (Å²) in [4.78, 5) is 15.5. The molecule has 18 heteroatoms. The van der Waals surface area contributed by atoms with Crippen molar-refractivity contribution in [3.05, 3.63) is 79.5 Å². The third-order valence-corrected chi connectivity index (χ3v) is 4.27. The maximum atomic E-state index is 11.7. The first-order valence-corrected chi connectivity index (χ1v) is 11.1. The van der Waals surface area contributed by atoms with E-state index in [1.165, 1.54) is 24.0 Å². The number of methoxy groups -OCH3 is 2. The van der Waals surface area contributed by atoms with Crippen LogP contribution in [0.3, 0.4) is 0 Å². The predicted molar refractivity (Wildman–Crippen MR) is 156 cm³/mol. The number of nitrogens with zero attached hydrogens (tertiary/aromatic N) is 10. The molecule has 0 aliphatic rings. The molecule has 2 aromatic rings. The summed E-state index contributed by atoms with van der Waals surface area (Å²) in [6.45, 7) is 3.11. The quantitative estimate of drug-likeness (QED) is 0.0888. The van der Waals surface area contributed by atoms with E-state index < -0.39 is 0 Å². The molecule has 0 heterocycles. The van der Waals surface area contributed by atoms with E-state index in [1.54, 1.807) is 48.8 Å². The largest absolute Gasteiger partial charge is 2.00 e. The second kappa shape index (κ2) is 33.7. The average molecular weight is 691 g/mol. The number of likely N-dealkylation sites (N-methyl/N-ethyl adjacent to an activating group) is 2. The normalized spacial score (nSPS) is 8.95. The molecule has 0 aliphatic carbocycles. The van der Waals surface area contributed by atoms with Crippen molar-refractivity contribution in [2.24, 2.45) is 9.98 Å². The number of para-hydroxylation sites is 2. The summed E-state index contributed by atoms with van der Waals surface area (Å²) in [5, 5.41) is 23.4. The van der Waals surface area contributed by atoms with Crippen molar-refractivity contribution in [2.75, 3.05) is 68.6 Å². The van der Waals surface area contributed by atoms with Crippen LogP contribution in [0.5, 0.6) is 23.0 Å². The van der Waals surface area contributed by atoms with Crippen LogP contribution in [0.25, 0.3) is 31.9 Å². The van der Waals surface area contributed by atoms with Gasteiger partial charge in [0.1, 0.15) is 11.5 Å². The second-order valence-corrected chi connectivity index (χ2v) is 7.61. The number of hydrogen-bond donors (Lipinski definition) is 0. The number of hydrogen-bond acceptors (Lipinski definition) is 8. The number of aliphatic imine (C=N–C) groups is 2. The van der Waals surface area contributed by atoms with Crippen LogP contribution >= 0.6 is 0 Å². The van der Waals surface area contributed by atoms with Crippen LogP contribution in [0.2, 0.25) is 0 Å². The Balaban J connectivity index is -0.000000120. The Kier molecular flexibility index (Phi) is 41.1. The molecule has 2 aromatic carbocycles. The van der Waals surface area contributed by atoms with E-state index in [-0.39, 0.29) is 56.6 Å². The molecule has 0 amide bonds. The van der Waals surface area contributed by atoms with Crippen molar-refractivity contribution in [1.82, 2.24) is 9.80 Å². The fourth-order valence-corrected chi connectivity index (χ4v) is 2.43. The molecule has 5 N–H and O–H groups in total. The van der Waals surface area contributed by atoms with Crippen molar-refractivity contribution in [2.45, 2.75) is 0 Å². The molecule has 0 spiro atoms. The van der Waals surface area contributed by atoms with Crippen molar-refractivity contribution in [1.29, 1.82) is 0 Å². The zero-order valence-electron chi connectivity index (χ0n) is 24.2. The Morgan fingerprint density at radius 1 is 0.714 bits per heavy atom. The molecule has 0 saturated heterocycles. The minimum absolute atomic E-state index is 0. The van der Waals surface area contributed by atoms with Crippen molar-refractivity contribution < 1.29 is 64.8 Å². The molecule has 0 bridgehead atoms. The van der Waals surface area contributed by atoms with E-state index in [0.717, 1.165) is 13.1 Å². The topological polar surface area (TPSA) is 278 Å². The number of benzene rings is 2. The van der Waals surface area contributed by atoms with E-state index in [1.807, 2.05) is 38.0 Å². The summed E-state index contributed by atoms with van der Waals surface area (Å²) in [5.74, 6) is 0.491. The zero-order valence-corrected chi connectivity index (χ0v) is 26.1. The van der Waals surface area contributed by atoms with Gasteiger partial charge in [0.25, 0.3) is 0 Å². The van der Waals surface area contributed by atoms with Crippen LogP contribution < -0.4 is 19.7 Å². The van der Waals surface area contributed by atoms with Crippen LogP contribution in [0, 0.1) is 0 Å². The minimum Gasteiger partial charge on any atom is -0.870 e. The van der Waals surface area contributed by atoms with Gasteiger partial charge in [0, 0.05) is 25.5 Å². The summed E-state index contributed by atoms with van der Waals surface area (Å²) >= 11 is 0. The zero-order chi connectivity index (χ0) is 29.3. The molecule has 0 saturated carbocycles. The van der Waals surface area contributed by atoms with Crippen molar-refractivity contribution >= 4 is 12.4 Å². The number of ether oxygens (including phenoxy) is 2. The number of rotatable bonds is 10. The Morgan fingerprint density at radius 3 is 1.24 bits per heavy atom. The summed E-state index contributed by atoms with van der Waals surface area (Å²) in [6, 6.07) is 10.4. The molecule has 16 nitrogen and oxygen atoms in total. The van der Waals surface area contributed by atoms with Gasteiger partial charge in [0.2, 0.25) is 0 Å². The first-order valence-electron chi connectivity index (χ1n) is 11.1. The summed E-state index contributed by atoms with van der Waals surface area (Å²) in [7, 11) is 10.9. The third-order valence-electron chi connectivity index (χ3n) is 4.27. The summed E-state index contributed by atoms with van der Waals surface area (Å²) in [6.07, 6.45) is 3.21. The molecule has 2 rings (SSSR count). The van der Waals surface area contributed by atoms with Crippen LogP contribution in [0.4, 0.5) is 0 Å². The average Bonchev–Trinajstić information content (AvgIpc) is 2.87. The fraction of sp³-hybridized carbons (Fsp3) is 0.417. The first kappa shape index (κ1) is 51.2. The molecule has 0 atom stereocenters. The molecule has 0 fully saturated rings. The van der Waals surface area contributed by atoms with Gasteiger partial charge in [-0.3, -0.25) is 19.8 Å². The van der Waals surface area contributed by atoms with Crippen LogP contribution in [0.1, 0.15) is 11.1 Å². The fourth-order valence-electron chi connectivity index (χ4n) is 2.43. The maximum absolute atomic E-state index is 11.7.